The van der Waals surface area contributed by atoms with Gasteiger partial charge in [-0.1, -0.05) is 0 Å². The van der Waals surface area contributed by atoms with Crippen LogP contribution in [0.4, 0.5) is 0 Å². The average molecular weight is 217 g/mol. The van der Waals surface area contributed by atoms with Gasteiger partial charge in [0.05, 0.1) is 0 Å². The van der Waals surface area contributed by atoms with E-state index in [1.807, 2.05) is 0 Å². The fraction of sp³-hybridized carbons (Fsp3) is 0. The van der Waals surface area contributed by atoms with Crippen LogP contribution in [-0.4, -0.2) is 63.6 Å². The molecule has 0 saturated carbocycles. The summed E-state index contributed by atoms with van der Waals surface area (Å²) in [5, 5.41) is 0. The minimum absolute atomic E-state index is 0. The third-order valence-electron chi connectivity index (χ3n) is 0. The summed E-state index contributed by atoms with van der Waals surface area (Å²) in [6.45, 7) is 0. The molecule has 0 fully saturated rings. The molecule has 0 aliphatic rings. The van der Waals surface area contributed by atoms with Crippen LogP contribution in [0.5, 0.6) is 0 Å². The maximum absolute atomic E-state index is 8.40. The van der Waals surface area contributed by atoms with Crippen molar-refractivity contribution in [3.05, 3.63) is 0 Å². The van der Waals surface area contributed by atoms with Crippen LogP contribution < -0.4 is 0 Å². The van der Waals surface area contributed by atoms with Crippen LogP contribution in [0.1, 0.15) is 0 Å². The second kappa shape index (κ2) is 18.3. The van der Waals surface area contributed by atoms with E-state index in [1.165, 1.54) is 0 Å². The molecule has 0 unspecified atom stereocenters. The maximum atomic E-state index is 8.40. The molecule has 0 aromatic heterocycles. The zero-order valence-corrected chi connectivity index (χ0v) is 2.82. The van der Waals surface area contributed by atoms with Gasteiger partial charge in [0.15, 0.2) is 0 Å². The van der Waals surface area contributed by atoms with Crippen molar-refractivity contribution in [3.63, 3.8) is 0 Å². The van der Waals surface area contributed by atoms with E-state index in [4.69, 9.17) is 8.92 Å². The summed E-state index contributed by atoms with van der Waals surface area (Å²) in [5.74, 6) is 0. The molecule has 5 heteroatoms. The fourth-order valence-electron chi connectivity index (χ4n) is 0. The molecule has 0 heterocycles. The molecule has 0 aromatic carbocycles. The Bertz CT molecular complexity index is 27.9. The van der Waals surface area contributed by atoms with Crippen LogP contribution in [0.25, 0.3) is 0 Å². The summed E-state index contributed by atoms with van der Waals surface area (Å²) in [6, 6.07) is 0. The van der Waals surface area contributed by atoms with Gasteiger partial charge in [-0.2, -0.15) is 0 Å². The molecule has 0 radical (unpaired) electrons. The summed E-state index contributed by atoms with van der Waals surface area (Å²) in [4.78, 5) is 0. The second-order valence-corrected chi connectivity index (χ2v) is 0.250. The summed E-state index contributed by atoms with van der Waals surface area (Å²) < 4.78 is 16.8. The summed E-state index contributed by atoms with van der Waals surface area (Å²) in [6.07, 6.45) is 0. The van der Waals surface area contributed by atoms with Crippen molar-refractivity contribution < 1.29 is 14.4 Å². The Labute approximate surface area is 71.5 Å². The van der Waals surface area contributed by atoms with Crippen molar-refractivity contribution in [2.24, 2.45) is 0 Å². The molecule has 0 bridgehead atoms. The third-order valence-corrected chi connectivity index (χ3v) is 0. The standard InChI is InChI=1S/Ba.O2Si.H2O.2H/c;1-3-2;;;/h;;1H2;;. The van der Waals surface area contributed by atoms with Crippen molar-refractivity contribution >= 4 is 58.2 Å². The molecule has 0 aromatic rings. The molecule has 2 N–H and O–H groups in total. The van der Waals surface area contributed by atoms with Gasteiger partial charge < -0.3 is 5.48 Å². The molecule has 0 amide bonds. The van der Waals surface area contributed by atoms with Crippen LogP contribution in [-0.2, 0) is 8.92 Å². The predicted molar refractivity (Wildman–Crippen MR) is 19.3 cm³/mol. The summed E-state index contributed by atoms with van der Waals surface area (Å²) in [7, 11) is -1.42. The van der Waals surface area contributed by atoms with E-state index in [0.29, 0.717) is 0 Å². The van der Waals surface area contributed by atoms with Crippen LogP contribution in [0, 0.1) is 0 Å². The van der Waals surface area contributed by atoms with E-state index in [-0.39, 0.29) is 54.4 Å². The zero-order chi connectivity index (χ0) is 2.71. The molecule has 5 heavy (non-hydrogen) atoms. The van der Waals surface area contributed by atoms with Gasteiger partial charge in [-0.15, -0.1) is 0 Å². The number of rotatable bonds is 0. The molecule has 28 valence electrons. The van der Waals surface area contributed by atoms with Gasteiger partial charge in [-0.25, -0.2) is 0 Å². The van der Waals surface area contributed by atoms with Gasteiger partial charge in [0.25, 0.3) is 0 Å². The molecule has 0 saturated heterocycles. The average Bonchev–Trinajstić information content (AvgIpc) is 0.918. The first-order valence-electron chi connectivity index (χ1n) is 0.408. The minimum atomic E-state index is -1.42. The first-order chi connectivity index (χ1) is 1.41. The van der Waals surface area contributed by atoms with E-state index in [1.54, 1.807) is 0 Å². The van der Waals surface area contributed by atoms with E-state index in [9.17, 15) is 0 Å². The SMILES string of the molecule is O.O=[Si]=O.[BaH2]. The van der Waals surface area contributed by atoms with E-state index in [2.05, 4.69) is 0 Å². The Morgan fingerprint density at radius 1 is 1.20 bits per heavy atom. The molecule has 3 nitrogen and oxygen atoms in total. The van der Waals surface area contributed by atoms with Gasteiger partial charge in [-0.3, -0.25) is 8.92 Å². The summed E-state index contributed by atoms with van der Waals surface area (Å²) >= 11 is 0. The van der Waals surface area contributed by atoms with Gasteiger partial charge in [0, 0.05) is 0 Å². The summed E-state index contributed by atoms with van der Waals surface area (Å²) in [5.41, 5.74) is 0. The monoisotopic (exact) mass is 218 g/mol. The van der Waals surface area contributed by atoms with E-state index in [0.717, 1.165) is 0 Å². The Kier molecular flexibility index (Phi) is 59.4. The first-order valence-corrected chi connectivity index (χ1v) is 1.22. The van der Waals surface area contributed by atoms with Crippen molar-refractivity contribution in [2.45, 2.75) is 0 Å². The first kappa shape index (κ1) is 16.2. The topological polar surface area (TPSA) is 65.6 Å². The zero-order valence-electron chi connectivity index (χ0n) is 1.82. The molecule has 0 rings (SSSR count). The Morgan fingerprint density at radius 2 is 1.20 bits per heavy atom. The van der Waals surface area contributed by atoms with E-state index < -0.39 is 9.29 Å². The molecular weight excluding hydrogens is 213 g/mol. The third kappa shape index (κ3) is 33.0. The van der Waals surface area contributed by atoms with Crippen LogP contribution in [0.15, 0.2) is 0 Å². The van der Waals surface area contributed by atoms with Crippen molar-refractivity contribution in [1.82, 2.24) is 0 Å². The number of hydrogen-bond donors (Lipinski definition) is 0. The van der Waals surface area contributed by atoms with Crippen molar-refractivity contribution in [2.75, 3.05) is 0 Å². The van der Waals surface area contributed by atoms with Gasteiger partial charge in [0.2, 0.25) is 0 Å². The normalized spacial score (nSPS) is 1.60. The molecule has 0 aliphatic carbocycles. The van der Waals surface area contributed by atoms with Gasteiger partial charge >= 0.3 is 58.2 Å². The number of hydrogen-bond acceptors (Lipinski definition) is 2. The van der Waals surface area contributed by atoms with Gasteiger partial charge in [-0.05, 0) is 0 Å². The van der Waals surface area contributed by atoms with E-state index >= 15 is 0 Å². The fourth-order valence-corrected chi connectivity index (χ4v) is 0. The molecule has 0 aliphatic heterocycles. The van der Waals surface area contributed by atoms with Gasteiger partial charge in [0.1, 0.15) is 0 Å². The Morgan fingerprint density at radius 3 is 1.20 bits per heavy atom. The van der Waals surface area contributed by atoms with Crippen LogP contribution in [0.2, 0.25) is 0 Å². The second-order valence-electron chi connectivity index (χ2n) is 0.0833. The van der Waals surface area contributed by atoms with Crippen molar-refractivity contribution in [3.8, 4) is 0 Å². The van der Waals surface area contributed by atoms with Crippen LogP contribution in [0.3, 0.4) is 0 Å². The Balaban J connectivity index is -0.0000000200. The van der Waals surface area contributed by atoms with Crippen molar-refractivity contribution in [1.29, 1.82) is 0 Å². The molecule has 0 spiro atoms. The molecule has 0 atom stereocenters. The van der Waals surface area contributed by atoms with Crippen LogP contribution >= 0.6 is 0 Å². The Hall–Kier alpha value is 1.35. The predicted octanol–water partition coefficient (Wildman–Crippen LogP) is -2.36. The quantitative estimate of drug-likeness (QED) is 0.426. The molecular formula is H4BaO3Si.